The molecule has 0 bridgehead atoms. The van der Waals surface area contributed by atoms with Gasteiger partial charge in [0.15, 0.2) is 5.89 Å². The van der Waals surface area contributed by atoms with Gasteiger partial charge in [-0.2, -0.15) is 5.26 Å². The smallest absolute Gasteiger partial charge is 0.232 e. The third kappa shape index (κ3) is 4.25. The summed E-state index contributed by atoms with van der Waals surface area (Å²) >= 11 is 0. The Morgan fingerprint density at radius 1 is 1.33 bits per heavy atom. The van der Waals surface area contributed by atoms with Crippen LogP contribution in [0.1, 0.15) is 36.9 Å². The summed E-state index contributed by atoms with van der Waals surface area (Å²) in [6.07, 6.45) is 2.19. The van der Waals surface area contributed by atoms with Crippen molar-refractivity contribution in [3.63, 3.8) is 0 Å². The third-order valence-electron chi connectivity index (χ3n) is 2.98. The second-order valence-corrected chi connectivity index (χ2v) is 4.72. The summed E-state index contributed by atoms with van der Waals surface area (Å²) in [6, 6.07) is 9.88. The number of aromatic nitrogens is 1. The van der Waals surface area contributed by atoms with Crippen LogP contribution in [0.15, 0.2) is 28.7 Å². The number of hydrogen-bond donors (Lipinski definition) is 1. The number of hydrogen-bond acceptors (Lipinski definition) is 5. The molecule has 0 saturated heterocycles. The van der Waals surface area contributed by atoms with Crippen LogP contribution >= 0.6 is 0 Å². The Labute approximate surface area is 124 Å². The van der Waals surface area contributed by atoms with E-state index in [0.717, 1.165) is 30.8 Å². The molecule has 0 radical (unpaired) electrons. The average molecular weight is 285 g/mol. The van der Waals surface area contributed by atoms with Crippen LogP contribution in [0.3, 0.4) is 0 Å². The molecule has 1 heterocycles. The molecule has 0 saturated carbocycles. The van der Waals surface area contributed by atoms with Gasteiger partial charge >= 0.3 is 0 Å². The summed E-state index contributed by atoms with van der Waals surface area (Å²) in [5, 5.41) is 12.0. The van der Waals surface area contributed by atoms with Crippen molar-refractivity contribution in [3.8, 4) is 11.8 Å². The van der Waals surface area contributed by atoms with Gasteiger partial charge in [0, 0.05) is 13.5 Å². The second-order valence-electron chi connectivity index (χ2n) is 4.72. The second kappa shape index (κ2) is 7.34. The lowest BCUT2D eigenvalue weighted by atomic mass is 10.2. The normalized spacial score (nSPS) is 10.1. The molecular formula is C16H19N3O2. The number of rotatable bonds is 7. The standard InChI is InChI=1S/C16H19N3O2/c1-3-4-9-20-14-7-5-13(6-8-14)11-18-16-15(10-17)19-12(2)21-16/h5-8,18H,3-4,9,11H2,1-2H3. The molecule has 0 spiro atoms. The van der Waals surface area contributed by atoms with Crippen molar-refractivity contribution in [2.75, 3.05) is 11.9 Å². The van der Waals surface area contributed by atoms with Gasteiger partial charge in [-0.25, -0.2) is 4.98 Å². The van der Waals surface area contributed by atoms with E-state index < -0.39 is 0 Å². The summed E-state index contributed by atoms with van der Waals surface area (Å²) in [5.41, 5.74) is 1.36. The molecule has 0 aliphatic carbocycles. The van der Waals surface area contributed by atoms with Crippen LogP contribution in [0, 0.1) is 18.3 Å². The number of unbranched alkanes of at least 4 members (excludes halogenated alkanes) is 1. The first kappa shape index (κ1) is 14.9. The maximum Gasteiger partial charge on any atom is 0.232 e. The number of nitrogens with zero attached hydrogens (tertiary/aromatic N) is 2. The minimum absolute atomic E-state index is 0.284. The lowest BCUT2D eigenvalue weighted by Crippen LogP contribution is -2.00. The fourth-order valence-electron chi connectivity index (χ4n) is 1.84. The fraction of sp³-hybridized carbons (Fsp3) is 0.375. The summed E-state index contributed by atoms with van der Waals surface area (Å²) in [5.74, 6) is 1.77. The molecule has 2 rings (SSSR count). The molecule has 1 aromatic heterocycles. The topological polar surface area (TPSA) is 71.1 Å². The highest BCUT2D eigenvalue weighted by atomic mass is 16.5. The van der Waals surface area contributed by atoms with E-state index in [9.17, 15) is 0 Å². The molecule has 5 heteroatoms. The maximum absolute atomic E-state index is 8.94. The molecule has 0 fully saturated rings. The van der Waals surface area contributed by atoms with E-state index in [-0.39, 0.29) is 5.69 Å². The lowest BCUT2D eigenvalue weighted by molar-refractivity contribution is 0.309. The van der Waals surface area contributed by atoms with Gasteiger partial charge < -0.3 is 14.5 Å². The fourth-order valence-corrected chi connectivity index (χ4v) is 1.84. The van der Waals surface area contributed by atoms with E-state index in [1.165, 1.54) is 0 Å². The highest BCUT2D eigenvalue weighted by molar-refractivity contribution is 5.45. The minimum atomic E-state index is 0.284. The first-order valence-electron chi connectivity index (χ1n) is 7.06. The predicted octanol–water partition coefficient (Wildman–Crippen LogP) is 3.65. The number of oxazole rings is 1. The SMILES string of the molecule is CCCCOc1ccc(CNc2oc(C)nc2C#N)cc1. The van der Waals surface area contributed by atoms with E-state index in [0.29, 0.717) is 18.3 Å². The van der Waals surface area contributed by atoms with Crippen molar-refractivity contribution in [1.82, 2.24) is 4.98 Å². The van der Waals surface area contributed by atoms with Gasteiger partial charge in [0.05, 0.1) is 6.61 Å². The van der Waals surface area contributed by atoms with Crippen molar-refractivity contribution in [1.29, 1.82) is 5.26 Å². The molecule has 0 amide bonds. The molecule has 0 aliphatic rings. The Morgan fingerprint density at radius 3 is 2.76 bits per heavy atom. The summed E-state index contributed by atoms with van der Waals surface area (Å²) < 4.78 is 11.0. The first-order valence-corrected chi connectivity index (χ1v) is 7.06. The molecule has 1 N–H and O–H groups in total. The van der Waals surface area contributed by atoms with Crippen LogP contribution in [-0.2, 0) is 6.54 Å². The zero-order valence-electron chi connectivity index (χ0n) is 12.3. The third-order valence-corrected chi connectivity index (χ3v) is 2.98. The summed E-state index contributed by atoms with van der Waals surface area (Å²) in [7, 11) is 0. The number of aryl methyl sites for hydroxylation is 1. The Kier molecular flexibility index (Phi) is 5.22. The van der Waals surface area contributed by atoms with E-state index in [1.807, 2.05) is 30.3 Å². The monoisotopic (exact) mass is 285 g/mol. The van der Waals surface area contributed by atoms with E-state index in [4.69, 9.17) is 14.4 Å². The molecule has 21 heavy (non-hydrogen) atoms. The van der Waals surface area contributed by atoms with Gasteiger partial charge in [0.2, 0.25) is 11.6 Å². The van der Waals surface area contributed by atoms with Crippen molar-refractivity contribution in [2.24, 2.45) is 0 Å². The largest absolute Gasteiger partial charge is 0.494 e. The van der Waals surface area contributed by atoms with Crippen LogP contribution in [-0.4, -0.2) is 11.6 Å². The van der Waals surface area contributed by atoms with Crippen molar-refractivity contribution >= 4 is 5.88 Å². The molecule has 110 valence electrons. The Bertz CT molecular complexity index is 611. The molecule has 0 atom stereocenters. The van der Waals surface area contributed by atoms with Gasteiger partial charge in [-0.15, -0.1) is 0 Å². The van der Waals surface area contributed by atoms with Crippen molar-refractivity contribution in [2.45, 2.75) is 33.2 Å². The quantitative estimate of drug-likeness (QED) is 0.786. The molecule has 0 unspecified atom stereocenters. The van der Waals surface area contributed by atoms with Crippen molar-refractivity contribution in [3.05, 3.63) is 41.4 Å². The summed E-state index contributed by atoms with van der Waals surface area (Å²) in [4.78, 5) is 3.99. The highest BCUT2D eigenvalue weighted by Gasteiger charge is 2.09. The Balaban J connectivity index is 1.90. The van der Waals surface area contributed by atoms with E-state index >= 15 is 0 Å². The van der Waals surface area contributed by atoms with E-state index in [2.05, 4.69) is 17.2 Å². The Morgan fingerprint density at radius 2 is 2.10 bits per heavy atom. The molecule has 2 aromatic rings. The first-order chi connectivity index (χ1) is 10.2. The molecular weight excluding hydrogens is 266 g/mol. The van der Waals surface area contributed by atoms with Crippen LogP contribution in [0.4, 0.5) is 5.88 Å². The number of nitriles is 1. The minimum Gasteiger partial charge on any atom is -0.494 e. The molecule has 0 aliphatic heterocycles. The maximum atomic E-state index is 8.94. The van der Waals surface area contributed by atoms with Crippen LogP contribution < -0.4 is 10.1 Å². The number of anilines is 1. The van der Waals surface area contributed by atoms with Crippen LogP contribution in [0.25, 0.3) is 0 Å². The zero-order chi connectivity index (χ0) is 15.1. The van der Waals surface area contributed by atoms with Gasteiger partial charge in [-0.05, 0) is 24.1 Å². The zero-order valence-corrected chi connectivity index (χ0v) is 12.3. The van der Waals surface area contributed by atoms with Gasteiger partial charge in [-0.1, -0.05) is 25.5 Å². The number of nitrogens with one attached hydrogen (secondary N) is 1. The number of ether oxygens (including phenoxy) is 1. The highest BCUT2D eigenvalue weighted by Crippen LogP contribution is 2.18. The summed E-state index contributed by atoms with van der Waals surface area (Å²) in [6.45, 7) is 5.17. The van der Waals surface area contributed by atoms with Crippen LogP contribution in [0.2, 0.25) is 0 Å². The predicted molar refractivity (Wildman–Crippen MR) is 80.1 cm³/mol. The number of benzene rings is 1. The van der Waals surface area contributed by atoms with E-state index in [1.54, 1.807) is 6.92 Å². The van der Waals surface area contributed by atoms with Gasteiger partial charge in [0.25, 0.3) is 0 Å². The van der Waals surface area contributed by atoms with Gasteiger partial charge in [0.1, 0.15) is 11.8 Å². The molecule has 5 nitrogen and oxygen atoms in total. The lowest BCUT2D eigenvalue weighted by Gasteiger charge is -2.07. The van der Waals surface area contributed by atoms with Crippen LogP contribution in [0.5, 0.6) is 5.75 Å². The average Bonchev–Trinajstić information content (AvgIpc) is 2.87. The van der Waals surface area contributed by atoms with Gasteiger partial charge in [-0.3, -0.25) is 0 Å². The van der Waals surface area contributed by atoms with Crippen molar-refractivity contribution < 1.29 is 9.15 Å². The molecule has 1 aromatic carbocycles. The Hall–Kier alpha value is -2.48.